The highest BCUT2D eigenvalue weighted by molar-refractivity contribution is 6.35. The SMILES string of the molecule is O=C(Nc1ccccc1OC(=O)c1cc(Cl)cc(Cl)c1)c1cc(Cl)cc(Cl)c1.O=C=O. The maximum Gasteiger partial charge on any atom is 0.373 e. The fraction of sp³-hybridized carbons (Fsp3) is 0. The highest BCUT2D eigenvalue weighted by atomic mass is 35.5. The van der Waals surface area contributed by atoms with Gasteiger partial charge in [-0.1, -0.05) is 58.5 Å². The first-order valence-electron chi connectivity index (χ1n) is 8.27. The zero-order chi connectivity index (χ0) is 23.0. The van der Waals surface area contributed by atoms with Crippen LogP contribution in [0.4, 0.5) is 5.69 Å². The third-order valence-corrected chi connectivity index (χ3v) is 4.43. The van der Waals surface area contributed by atoms with E-state index in [2.05, 4.69) is 5.32 Å². The van der Waals surface area contributed by atoms with Crippen molar-refractivity contribution >= 4 is 70.1 Å². The van der Waals surface area contributed by atoms with Gasteiger partial charge < -0.3 is 10.1 Å². The molecular weight excluding hydrogens is 488 g/mol. The second-order valence-corrected chi connectivity index (χ2v) is 7.49. The minimum absolute atomic E-state index is 0.157. The second kappa shape index (κ2) is 11.5. The van der Waals surface area contributed by atoms with E-state index in [9.17, 15) is 9.59 Å². The van der Waals surface area contributed by atoms with Gasteiger partial charge in [0.2, 0.25) is 0 Å². The zero-order valence-corrected chi connectivity index (χ0v) is 18.4. The molecule has 1 amide bonds. The molecule has 0 unspecified atom stereocenters. The van der Waals surface area contributed by atoms with Gasteiger partial charge in [0.15, 0.2) is 5.75 Å². The van der Waals surface area contributed by atoms with E-state index < -0.39 is 11.9 Å². The molecule has 1 N–H and O–H groups in total. The third-order valence-electron chi connectivity index (χ3n) is 3.56. The summed E-state index contributed by atoms with van der Waals surface area (Å²) in [5, 5.41) is 3.94. The molecule has 6 nitrogen and oxygen atoms in total. The van der Waals surface area contributed by atoms with E-state index in [4.69, 9.17) is 60.7 Å². The second-order valence-electron chi connectivity index (χ2n) is 5.74. The number of esters is 1. The maximum atomic E-state index is 12.5. The molecule has 0 aromatic heterocycles. The predicted molar refractivity (Wildman–Crippen MR) is 117 cm³/mol. The molecule has 0 fully saturated rings. The number of hydrogen-bond donors (Lipinski definition) is 1. The number of anilines is 1. The average Bonchev–Trinajstić information content (AvgIpc) is 2.68. The molecule has 0 bridgehead atoms. The molecule has 0 saturated carbocycles. The summed E-state index contributed by atoms with van der Waals surface area (Å²) >= 11 is 23.7. The van der Waals surface area contributed by atoms with E-state index in [1.807, 2.05) is 0 Å². The van der Waals surface area contributed by atoms with E-state index in [1.165, 1.54) is 36.4 Å². The summed E-state index contributed by atoms with van der Waals surface area (Å²) in [7, 11) is 0. The van der Waals surface area contributed by atoms with E-state index in [-0.39, 0.29) is 23.0 Å². The van der Waals surface area contributed by atoms with Crippen molar-refractivity contribution in [2.24, 2.45) is 0 Å². The van der Waals surface area contributed by atoms with Crippen LogP contribution in [0.2, 0.25) is 20.1 Å². The normalized spacial score (nSPS) is 9.68. The van der Waals surface area contributed by atoms with E-state index in [0.29, 0.717) is 25.8 Å². The highest BCUT2D eigenvalue weighted by Crippen LogP contribution is 2.27. The Balaban J connectivity index is 0.00000107. The van der Waals surface area contributed by atoms with Crippen LogP contribution in [-0.4, -0.2) is 18.0 Å². The van der Waals surface area contributed by atoms with Crippen LogP contribution in [-0.2, 0) is 9.59 Å². The number of carbonyl (C=O) groups is 2. The number of nitrogens with one attached hydrogen (secondary N) is 1. The number of amides is 1. The van der Waals surface area contributed by atoms with Gasteiger partial charge in [0.05, 0.1) is 11.3 Å². The fourth-order valence-electron chi connectivity index (χ4n) is 2.37. The highest BCUT2D eigenvalue weighted by Gasteiger charge is 2.15. The molecule has 0 aliphatic heterocycles. The molecule has 158 valence electrons. The lowest BCUT2D eigenvalue weighted by atomic mass is 10.2. The molecule has 0 radical (unpaired) electrons. The van der Waals surface area contributed by atoms with Gasteiger partial charge in [-0.05, 0) is 48.5 Å². The van der Waals surface area contributed by atoms with Crippen molar-refractivity contribution in [3.63, 3.8) is 0 Å². The van der Waals surface area contributed by atoms with Gasteiger partial charge in [0, 0.05) is 25.7 Å². The summed E-state index contributed by atoms with van der Waals surface area (Å²) in [4.78, 5) is 41.2. The molecule has 3 aromatic rings. The molecule has 10 heteroatoms. The largest absolute Gasteiger partial charge is 0.421 e. The van der Waals surface area contributed by atoms with Crippen LogP contribution in [0.3, 0.4) is 0 Å². The number of para-hydroxylation sites is 2. The van der Waals surface area contributed by atoms with Crippen LogP contribution in [0.15, 0.2) is 60.7 Å². The molecule has 0 saturated heterocycles. The summed E-state index contributed by atoms with van der Waals surface area (Å²) in [6.07, 6.45) is 0.250. The van der Waals surface area contributed by atoms with Gasteiger partial charge >= 0.3 is 12.1 Å². The lowest BCUT2D eigenvalue weighted by Crippen LogP contribution is -2.15. The van der Waals surface area contributed by atoms with E-state index in [1.54, 1.807) is 24.3 Å². The van der Waals surface area contributed by atoms with Gasteiger partial charge in [-0.25, -0.2) is 4.79 Å². The average molecular weight is 499 g/mol. The van der Waals surface area contributed by atoms with Crippen LogP contribution in [0, 0.1) is 0 Å². The number of benzene rings is 3. The minimum Gasteiger partial charge on any atom is -0.421 e. The van der Waals surface area contributed by atoms with Crippen LogP contribution >= 0.6 is 46.4 Å². The lowest BCUT2D eigenvalue weighted by Gasteiger charge is -2.12. The first-order valence-corrected chi connectivity index (χ1v) is 9.78. The molecular formula is C21H11Cl4NO5. The minimum atomic E-state index is -0.670. The number of halogens is 4. The molecule has 0 heterocycles. The Bertz CT molecular complexity index is 1040. The van der Waals surface area contributed by atoms with Gasteiger partial charge in [-0.3, -0.25) is 4.79 Å². The van der Waals surface area contributed by atoms with Gasteiger partial charge in [0.1, 0.15) is 0 Å². The standard InChI is InChI=1S/C20H11Cl4NO3.CO2/c21-13-5-11(6-14(22)9-13)19(26)25-17-3-1-2-4-18(17)28-20(27)12-7-15(23)10-16(24)8-12;2-1-3/h1-10H,(H,25,26);. The molecule has 31 heavy (non-hydrogen) atoms. The molecule has 0 atom stereocenters. The Morgan fingerprint density at radius 1 is 0.742 bits per heavy atom. The summed E-state index contributed by atoms with van der Waals surface area (Å²) < 4.78 is 5.40. The Morgan fingerprint density at radius 3 is 1.71 bits per heavy atom. The van der Waals surface area contributed by atoms with Crippen molar-refractivity contribution in [2.75, 3.05) is 5.32 Å². The van der Waals surface area contributed by atoms with E-state index >= 15 is 0 Å². The molecule has 0 aliphatic carbocycles. The van der Waals surface area contributed by atoms with Crippen LogP contribution in [0.25, 0.3) is 0 Å². The van der Waals surface area contributed by atoms with Crippen molar-refractivity contribution in [1.82, 2.24) is 0 Å². The van der Waals surface area contributed by atoms with Crippen molar-refractivity contribution < 1.29 is 23.9 Å². The molecule has 3 rings (SSSR count). The molecule has 0 aliphatic rings. The van der Waals surface area contributed by atoms with Gasteiger partial charge in [-0.2, -0.15) is 9.59 Å². The van der Waals surface area contributed by atoms with Crippen molar-refractivity contribution in [1.29, 1.82) is 0 Å². The van der Waals surface area contributed by atoms with Crippen LogP contribution in [0.1, 0.15) is 20.7 Å². The van der Waals surface area contributed by atoms with Crippen LogP contribution < -0.4 is 10.1 Å². The Labute approximate surface area is 196 Å². The lowest BCUT2D eigenvalue weighted by molar-refractivity contribution is -0.191. The third kappa shape index (κ3) is 7.40. The number of carbonyl (C=O) groups excluding carboxylic acids is 4. The first kappa shape index (κ1) is 24.4. The topological polar surface area (TPSA) is 89.5 Å². The molecule has 3 aromatic carbocycles. The number of hydrogen-bond acceptors (Lipinski definition) is 5. The van der Waals surface area contributed by atoms with Crippen LogP contribution in [0.5, 0.6) is 5.75 Å². The van der Waals surface area contributed by atoms with Crippen molar-refractivity contribution in [3.8, 4) is 5.75 Å². The first-order chi connectivity index (χ1) is 14.7. The fourth-order valence-corrected chi connectivity index (χ4v) is 3.42. The summed E-state index contributed by atoms with van der Waals surface area (Å²) in [5.41, 5.74) is 0.741. The number of rotatable bonds is 4. The number of ether oxygens (including phenoxy) is 1. The Kier molecular flexibility index (Phi) is 9.06. The van der Waals surface area contributed by atoms with Gasteiger partial charge in [-0.15, -0.1) is 0 Å². The van der Waals surface area contributed by atoms with Gasteiger partial charge in [0.25, 0.3) is 5.91 Å². The monoisotopic (exact) mass is 497 g/mol. The van der Waals surface area contributed by atoms with Crippen molar-refractivity contribution in [2.45, 2.75) is 0 Å². The summed E-state index contributed by atoms with van der Waals surface area (Å²) in [6.45, 7) is 0. The zero-order valence-electron chi connectivity index (χ0n) is 15.3. The smallest absolute Gasteiger partial charge is 0.373 e. The summed E-state index contributed by atoms with van der Waals surface area (Å²) in [5.74, 6) is -0.972. The van der Waals surface area contributed by atoms with Crippen molar-refractivity contribution in [3.05, 3.63) is 91.9 Å². The maximum absolute atomic E-state index is 12.5. The quantitative estimate of drug-likeness (QED) is 0.342. The van der Waals surface area contributed by atoms with E-state index in [0.717, 1.165) is 0 Å². The Morgan fingerprint density at radius 2 is 1.19 bits per heavy atom. The summed E-state index contributed by atoms with van der Waals surface area (Å²) in [6, 6.07) is 15.3. The predicted octanol–water partition coefficient (Wildman–Crippen LogP) is 6.19. The Hall–Kier alpha value is -2.86. The molecule has 0 spiro atoms.